The number of carbonyl (C=O) groups is 9. The Morgan fingerprint density at radius 2 is 0.778 bits per heavy atom. The second-order valence-corrected chi connectivity index (χ2v) is 15.5. The van der Waals surface area contributed by atoms with E-state index in [0.29, 0.717) is 64.3 Å². The number of carboxylic acids is 1. The maximum atomic E-state index is 12.7. The summed E-state index contributed by atoms with van der Waals surface area (Å²) in [4.78, 5) is 115. The molecule has 1 unspecified atom stereocenters. The fourth-order valence-electron chi connectivity index (χ4n) is 5.86. The van der Waals surface area contributed by atoms with E-state index in [9.17, 15) is 43.2 Å². The van der Waals surface area contributed by atoms with E-state index in [1.165, 1.54) is 14.7 Å². The predicted octanol–water partition coefficient (Wildman–Crippen LogP) is 1.65. The van der Waals surface area contributed by atoms with Gasteiger partial charge in [0.05, 0.1) is 0 Å². The van der Waals surface area contributed by atoms with E-state index < -0.39 is 87.2 Å². The van der Waals surface area contributed by atoms with E-state index in [4.69, 9.17) is 5.11 Å². The molecule has 3 atom stereocenters. The van der Waals surface area contributed by atoms with E-state index >= 15 is 0 Å². The molecular formula is C37H65N7O10. The SMILES string of the molecule is C.CCC(C)(C)C(=O)C(=O)N1CCCC1C(=O)NNC(=O)[C@@H]1CCCN1C(=O)C(=O)C(C)(C)CC.CCC(C)(C)C(=O)C(=O)N1CCC[C@H]1C(=O)O.NN. The lowest BCUT2D eigenvalue weighted by Crippen LogP contribution is -2.57. The third-order valence-corrected chi connectivity index (χ3v) is 10.8. The Hall–Kier alpha value is -4.25. The number of Topliss-reactive ketones (excluding diaryl/α,β-unsaturated/α-hetero) is 3. The summed E-state index contributed by atoms with van der Waals surface area (Å²) in [6, 6.07) is -2.56. The minimum atomic E-state index is -1.03. The average molecular weight is 768 g/mol. The highest BCUT2D eigenvalue weighted by Gasteiger charge is 2.44. The van der Waals surface area contributed by atoms with Gasteiger partial charge in [-0.2, -0.15) is 0 Å². The number of nitrogens with one attached hydrogen (secondary N) is 2. The van der Waals surface area contributed by atoms with Crippen molar-refractivity contribution in [3.63, 3.8) is 0 Å². The number of nitrogens with zero attached hydrogens (tertiary/aromatic N) is 3. The van der Waals surface area contributed by atoms with E-state index in [-0.39, 0.29) is 20.5 Å². The van der Waals surface area contributed by atoms with Crippen LogP contribution in [-0.2, 0) is 43.2 Å². The largest absolute Gasteiger partial charge is 0.480 e. The molecule has 17 heteroatoms. The lowest BCUT2D eigenvalue weighted by molar-refractivity contribution is -0.154. The van der Waals surface area contributed by atoms with Crippen LogP contribution in [0.4, 0.5) is 0 Å². The van der Waals surface area contributed by atoms with Gasteiger partial charge in [0.2, 0.25) is 17.3 Å². The molecule has 3 fully saturated rings. The van der Waals surface area contributed by atoms with Gasteiger partial charge in [0.15, 0.2) is 0 Å². The molecule has 3 heterocycles. The molecule has 3 aliphatic rings. The van der Waals surface area contributed by atoms with Crippen molar-refractivity contribution in [2.75, 3.05) is 19.6 Å². The molecule has 0 spiro atoms. The first-order chi connectivity index (χ1) is 24.6. The van der Waals surface area contributed by atoms with Gasteiger partial charge in [0.1, 0.15) is 18.1 Å². The third kappa shape index (κ3) is 11.9. The van der Waals surface area contributed by atoms with Crippen LogP contribution in [0.5, 0.6) is 0 Å². The van der Waals surface area contributed by atoms with Crippen molar-refractivity contribution >= 4 is 52.9 Å². The minimum absolute atomic E-state index is 0. The van der Waals surface area contributed by atoms with Gasteiger partial charge >= 0.3 is 5.97 Å². The van der Waals surface area contributed by atoms with Crippen molar-refractivity contribution < 1.29 is 48.3 Å². The summed E-state index contributed by atoms with van der Waals surface area (Å²) in [5, 5.41) is 8.97. The van der Waals surface area contributed by atoms with Crippen LogP contribution in [0, 0.1) is 16.2 Å². The van der Waals surface area contributed by atoms with E-state index in [0.717, 1.165) is 0 Å². The van der Waals surface area contributed by atoms with Crippen LogP contribution in [0.25, 0.3) is 0 Å². The average Bonchev–Trinajstić information content (AvgIpc) is 3.94. The summed E-state index contributed by atoms with van der Waals surface area (Å²) in [7, 11) is 0. The number of carboxylic acid groups (broad SMARTS) is 1. The molecule has 0 radical (unpaired) electrons. The number of nitrogens with two attached hydrogens (primary N) is 2. The van der Waals surface area contributed by atoms with Crippen molar-refractivity contribution in [1.29, 1.82) is 0 Å². The summed E-state index contributed by atoms with van der Waals surface area (Å²) < 4.78 is 0. The van der Waals surface area contributed by atoms with Crippen LogP contribution in [0.3, 0.4) is 0 Å². The zero-order valence-corrected chi connectivity index (χ0v) is 32.8. The molecular weight excluding hydrogens is 702 g/mol. The molecule has 0 saturated carbocycles. The van der Waals surface area contributed by atoms with E-state index in [1.54, 1.807) is 41.5 Å². The Balaban J connectivity index is 0.00000118. The highest BCUT2D eigenvalue weighted by atomic mass is 16.4. The first kappa shape index (κ1) is 49.8. The van der Waals surface area contributed by atoms with Crippen molar-refractivity contribution in [3.8, 4) is 0 Å². The van der Waals surface area contributed by atoms with Crippen molar-refractivity contribution in [2.45, 2.75) is 146 Å². The van der Waals surface area contributed by atoms with Gasteiger partial charge in [-0.15, -0.1) is 0 Å². The first-order valence-corrected chi connectivity index (χ1v) is 18.3. The number of hydrazine groups is 2. The van der Waals surface area contributed by atoms with Crippen LogP contribution in [0.15, 0.2) is 0 Å². The van der Waals surface area contributed by atoms with Gasteiger partial charge in [0, 0.05) is 35.9 Å². The monoisotopic (exact) mass is 767 g/mol. The Labute approximate surface area is 319 Å². The van der Waals surface area contributed by atoms with Crippen LogP contribution in [0.1, 0.15) is 128 Å². The summed E-state index contributed by atoms with van der Waals surface area (Å²) in [6.07, 6.45) is 4.51. The quantitative estimate of drug-likeness (QED) is 0.108. The number of amides is 5. The van der Waals surface area contributed by atoms with E-state index in [2.05, 4.69) is 22.5 Å². The molecule has 3 rings (SSSR count). The molecule has 0 bridgehead atoms. The van der Waals surface area contributed by atoms with Crippen molar-refractivity contribution in [3.05, 3.63) is 0 Å². The molecule has 0 aliphatic carbocycles. The van der Waals surface area contributed by atoms with Gasteiger partial charge in [-0.3, -0.25) is 60.9 Å². The van der Waals surface area contributed by atoms with Crippen molar-refractivity contribution in [2.24, 2.45) is 27.9 Å². The Morgan fingerprint density at radius 1 is 0.537 bits per heavy atom. The number of hydrogen-bond donors (Lipinski definition) is 5. The smallest absolute Gasteiger partial charge is 0.326 e. The summed E-state index contributed by atoms with van der Waals surface area (Å²) in [6.45, 7) is 16.6. The highest BCUT2D eigenvalue weighted by molar-refractivity contribution is 6.39. The maximum absolute atomic E-state index is 12.7. The molecule has 5 amide bonds. The molecule has 3 aliphatic heterocycles. The number of likely N-dealkylation sites (tertiary alicyclic amines) is 3. The Morgan fingerprint density at radius 3 is 1.02 bits per heavy atom. The summed E-state index contributed by atoms with van der Waals surface area (Å²) in [5.41, 5.74) is 2.32. The van der Waals surface area contributed by atoms with Gasteiger partial charge in [0.25, 0.3) is 29.5 Å². The molecule has 17 nitrogen and oxygen atoms in total. The Bertz CT molecular complexity index is 1340. The van der Waals surface area contributed by atoms with Gasteiger partial charge in [-0.25, -0.2) is 4.79 Å². The molecule has 3 saturated heterocycles. The van der Waals surface area contributed by atoms with Gasteiger partial charge in [-0.05, 0) is 57.8 Å². The summed E-state index contributed by atoms with van der Waals surface area (Å²) in [5.74, 6) is 2.16. The minimum Gasteiger partial charge on any atom is -0.480 e. The first-order valence-electron chi connectivity index (χ1n) is 18.3. The fraction of sp³-hybridized carbons (Fsp3) is 0.757. The third-order valence-electron chi connectivity index (χ3n) is 10.8. The summed E-state index contributed by atoms with van der Waals surface area (Å²) >= 11 is 0. The molecule has 7 N–H and O–H groups in total. The van der Waals surface area contributed by atoms with Gasteiger partial charge in [-0.1, -0.05) is 69.7 Å². The zero-order valence-electron chi connectivity index (χ0n) is 32.8. The van der Waals surface area contributed by atoms with Crippen LogP contribution in [-0.4, -0.2) is 110 Å². The van der Waals surface area contributed by atoms with Crippen molar-refractivity contribution in [1.82, 2.24) is 25.6 Å². The zero-order chi connectivity index (χ0) is 41.1. The lowest BCUT2D eigenvalue weighted by Gasteiger charge is -2.29. The number of aliphatic carboxylic acids is 1. The number of carbonyl (C=O) groups excluding carboxylic acids is 8. The number of ketones is 3. The van der Waals surface area contributed by atoms with Crippen LogP contribution >= 0.6 is 0 Å². The fourth-order valence-corrected chi connectivity index (χ4v) is 5.86. The van der Waals surface area contributed by atoms with Crippen LogP contribution in [0.2, 0.25) is 0 Å². The Kier molecular flexibility index (Phi) is 19.3. The van der Waals surface area contributed by atoms with Gasteiger partial charge < -0.3 is 19.8 Å². The lowest BCUT2D eigenvalue weighted by atomic mass is 9.84. The second kappa shape index (κ2) is 21.0. The number of rotatable bonds is 12. The highest BCUT2D eigenvalue weighted by Crippen LogP contribution is 2.28. The molecule has 308 valence electrons. The maximum Gasteiger partial charge on any atom is 0.326 e. The molecule has 0 aromatic heterocycles. The van der Waals surface area contributed by atoms with Crippen LogP contribution < -0.4 is 22.5 Å². The second-order valence-electron chi connectivity index (χ2n) is 15.5. The molecule has 0 aromatic rings. The number of hydrogen-bond acceptors (Lipinski definition) is 11. The predicted molar refractivity (Wildman–Crippen MR) is 200 cm³/mol. The van der Waals surface area contributed by atoms with E-state index in [1.807, 2.05) is 20.8 Å². The topological polar surface area (TPSA) is 260 Å². The molecule has 0 aromatic carbocycles. The standard InChI is InChI=1S/C24H38N4O6.C12H19NO4.CH4.H4N2/c1-7-23(3,4)17(29)21(33)27-13-9-11-15(27)19(31)25-26-20(32)16-12-10-14-28(16)22(34)18(30)24(5,6)8-2;1-4-12(2,3)9(14)10(15)13-7-5-6-8(13)11(16)17;;1-2/h15-16H,7-14H2,1-6H3,(H,25,31)(H,26,32);8H,4-7H2,1-3H3,(H,16,17);1H4;1-2H2/t15-,16?;8-;;/m00../s1. The normalized spacial score (nSPS) is 19.6. The molecule has 54 heavy (non-hydrogen) atoms.